The molecule has 1 heterocycles. The summed E-state index contributed by atoms with van der Waals surface area (Å²) >= 11 is 0. The molecule has 0 fully saturated rings. The van der Waals surface area contributed by atoms with Crippen molar-refractivity contribution in [3.05, 3.63) is 11.4 Å². The number of amides is 1. The molecule has 0 aliphatic carbocycles. The van der Waals surface area contributed by atoms with Gasteiger partial charge in [0.05, 0.1) is 11.4 Å². The van der Waals surface area contributed by atoms with Crippen LogP contribution in [0.25, 0.3) is 0 Å². The van der Waals surface area contributed by atoms with Crippen LogP contribution < -0.4 is 10.5 Å². The summed E-state index contributed by atoms with van der Waals surface area (Å²) in [5.41, 5.74) is 5.45. The number of hydrogen-bond acceptors (Lipinski definition) is 5. The monoisotopic (exact) mass is 304 g/mol. The van der Waals surface area contributed by atoms with E-state index in [9.17, 15) is 18.0 Å². The van der Waals surface area contributed by atoms with Gasteiger partial charge < -0.3 is 10.8 Å². The zero-order chi connectivity index (χ0) is 15.5. The van der Waals surface area contributed by atoms with Gasteiger partial charge in [-0.05, 0) is 20.3 Å². The van der Waals surface area contributed by atoms with Crippen LogP contribution in [0.3, 0.4) is 0 Å². The fourth-order valence-electron chi connectivity index (χ4n) is 1.70. The average molecular weight is 304 g/mol. The molecule has 0 radical (unpaired) electrons. The van der Waals surface area contributed by atoms with Crippen LogP contribution in [0.2, 0.25) is 0 Å². The number of H-pyrrole nitrogens is 1. The lowest BCUT2D eigenvalue weighted by Gasteiger charge is -2.14. The van der Waals surface area contributed by atoms with Gasteiger partial charge in [0.25, 0.3) is 0 Å². The summed E-state index contributed by atoms with van der Waals surface area (Å²) in [5.74, 6) is -2.08. The lowest BCUT2D eigenvalue weighted by atomic mass is 10.2. The van der Waals surface area contributed by atoms with Crippen LogP contribution >= 0.6 is 0 Å². The first-order chi connectivity index (χ1) is 9.15. The molecule has 0 bridgehead atoms. The number of aliphatic carboxylic acids is 1. The number of aromatic nitrogens is 2. The molecule has 0 aliphatic rings. The van der Waals surface area contributed by atoms with Crippen LogP contribution in [-0.2, 0) is 19.6 Å². The molecule has 0 saturated carbocycles. The van der Waals surface area contributed by atoms with Crippen molar-refractivity contribution in [1.82, 2.24) is 14.9 Å². The summed E-state index contributed by atoms with van der Waals surface area (Å²) in [6.45, 7) is 2.99. The summed E-state index contributed by atoms with van der Waals surface area (Å²) in [4.78, 5) is 21.6. The highest BCUT2D eigenvalue weighted by Crippen LogP contribution is 2.17. The van der Waals surface area contributed by atoms with E-state index in [-0.39, 0.29) is 23.4 Å². The first kappa shape index (κ1) is 16.1. The Balaban J connectivity index is 2.98. The summed E-state index contributed by atoms with van der Waals surface area (Å²) in [6.07, 6.45) is -0.456. The number of carbonyl (C=O) groups is 2. The third-order valence-corrected chi connectivity index (χ3v) is 4.34. The van der Waals surface area contributed by atoms with Gasteiger partial charge in [0.15, 0.2) is 0 Å². The Morgan fingerprint density at radius 3 is 2.45 bits per heavy atom. The third kappa shape index (κ3) is 3.78. The molecule has 1 amide bonds. The molecule has 1 unspecified atom stereocenters. The minimum atomic E-state index is -4.05. The highest BCUT2D eigenvalue weighted by atomic mass is 32.2. The van der Waals surface area contributed by atoms with E-state index >= 15 is 0 Å². The van der Waals surface area contributed by atoms with Crippen molar-refractivity contribution in [3.8, 4) is 0 Å². The maximum Gasteiger partial charge on any atom is 0.321 e. The predicted octanol–water partition coefficient (Wildman–Crippen LogP) is -0.976. The molecular formula is C10H16N4O5S. The SMILES string of the molecule is Cc1n[nH]c(C)c1S(=O)(=O)NC(CCC(N)=O)C(=O)O. The lowest BCUT2D eigenvalue weighted by Crippen LogP contribution is -2.41. The fraction of sp³-hybridized carbons (Fsp3) is 0.500. The average Bonchev–Trinajstić information content (AvgIpc) is 2.64. The van der Waals surface area contributed by atoms with Crippen molar-refractivity contribution < 1.29 is 23.1 Å². The van der Waals surface area contributed by atoms with Gasteiger partial charge in [0, 0.05) is 6.42 Å². The van der Waals surface area contributed by atoms with Crippen molar-refractivity contribution in [2.75, 3.05) is 0 Å². The van der Waals surface area contributed by atoms with E-state index in [4.69, 9.17) is 10.8 Å². The number of rotatable bonds is 7. The number of nitrogens with one attached hydrogen (secondary N) is 2. The number of nitrogens with zero attached hydrogens (tertiary/aromatic N) is 1. The summed E-state index contributed by atoms with van der Waals surface area (Å²) in [6, 6.07) is -1.43. The zero-order valence-corrected chi connectivity index (χ0v) is 11.8. The van der Waals surface area contributed by atoms with Crippen LogP contribution in [0, 0.1) is 13.8 Å². The second-order valence-corrected chi connectivity index (χ2v) is 5.93. The highest BCUT2D eigenvalue weighted by molar-refractivity contribution is 7.89. The number of aromatic amines is 1. The van der Waals surface area contributed by atoms with Crippen molar-refractivity contribution in [1.29, 1.82) is 0 Å². The third-order valence-electron chi connectivity index (χ3n) is 2.60. The maximum absolute atomic E-state index is 12.1. The summed E-state index contributed by atoms with van der Waals surface area (Å²) in [5, 5.41) is 15.2. The Morgan fingerprint density at radius 2 is 2.05 bits per heavy atom. The number of sulfonamides is 1. The van der Waals surface area contributed by atoms with Gasteiger partial charge in [-0.1, -0.05) is 0 Å². The molecule has 1 rings (SSSR count). The second-order valence-electron chi connectivity index (χ2n) is 4.28. The number of carbonyl (C=O) groups excluding carboxylic acids is 1. The van der Waals surface area contributed by atoms with Gasteiger partial charge in [-0.3, -0.25) is 14.7 Å². The summed E-state index contributed by atoms with van der Waals surface area (Å²) < 4.78 is 26.3. The number of carboxylic acids is 1. The topological polar surface area (TPSA) is 155 Å². The van der Waals surface area contributed by atoms with Crippen molar-refractivity contribution in [3.63, 3.8) is 0 Å². The molecule has 1 atom stereocenters. The normalized spacial score (nSPS) is 13.1. The number of primary amides is 1. The largest absolute Gasteiger partial charge is 0.480 e. The van der Waals surface area contributed by atoms with Gasteiger partial charge in [0.1, 0.15) is 10.9 Å². The van der Waals surface area contributed by atoms with Gasteiger partial charge in [0.2, 0.25) is 15.9 Å². The van der Waals surface area contributed by atoms with E-state index in [0.717, 1.165) is 0 Å². The van der Waals surface area contributed by atoms with Crippen molar-refractivity contribution in [2.24, 2.45) is 5.73 Å². The van der Waals surface area contributed by atoms with Crippen LogP contribution in [0.5, 0.6) is 0 Å². The van der Waals surface area contributed by atoms with Gasteiger partial charge >= 0.3 is 5.97 Å². The first-order valence-electron chi connectivity index (χ1n) is 5.70. The Kier molecular flexibility index (Phi) is 4.84. The molecule has 1 aromatic heterocycles. The molecule has 0 spiro atoms. The Hall–Kier alpha value is -1.94. The quantitative estimate of drug-likeness (QED) is 0.507. The van der Waals surface area contributed by atoms with Gasteiger partial charge in [-0.25, -0.2) is 8.42 Å². The number of carboxylic acid groups (broad SMARTS) is 1. The van der Waals surface area contributed by atoms with Crippen LogP contribution in [0.4, 0.5) is 0 Å². The minimum Gasteiger partial charge on any atom is -0.480 e. The number of hydrogen-bond donors (Lipinski definition) is 4. The molecule has 9 nitrogen and oxygen atoms in total. The molecule has 20 heavy (non-hydrogen) atoms. The number of aryl methyl sites for hydroxylation is 2. The standard InChI is InChI=1S/C10H16N4O5S/c1-5-9(6(2)13-12-5)20(18,19)14-7(10(16)17)3-4-8(11)15/h7,14H,3-4H2,1-2H3,(H2,11,15)(H,12,13)(H,16,17). The van der Waals surface area contributed by atoms with Crippen LogP contribution in [-0.4, -0.2) is 41.6 Å². The van der Waals surface area contributed by atoms with E-state index in [1.54, 1.807) is 0 Å². The van der Waals surface area contributed by atoms with E-state index in [0.29, 0.717) is 5.69 Å². The van der Waals surface area contributed by atoms with Crippen LogP contribution in [0.1, 0.15) is 24.2 Å². The molecule has 1 aromatic rings. The van der Waals surface area contributed by atoms with E-state index in [1.165, 1.54) is 13.8 Å². The molecule has 0 saturated heterocycles. The minimum absolute atomic E-state index is 0.0946. The molecule has 0 aromatic carbocycles. The fourth-order valence-corrected chi connectivity index (χ4v) is 3.30. The molecular weight excluding hydrogens is 288 g/mol. The zero-order valence-electron chi connectivity index (χ0n) is 11.0. The Labute approximate surface area is 115 Å². The van der Waals surface area contributed by atoms with E-state index < -0.39 is 27.9 Å². The van der Waals surface area contributed by atoms with E-state index in [1.807, 2.05) is 4.72 Å². The highest BCUT2D eigenvalue weighted by Gasteiger charge is 2.29. The number of nitrogens with two attached hydrogens (primary N) is 1. The summed E-state index contributed by atoms with van der Waals surface area (Å²) in [7, 11) is -4.05. The van der Waals surface area contributed by atoms with Gasteiger partial charge in [-0.15, -0.1) is 0 Å². The van der Waals surface area contributed by atoms with Crippen molar-refractivity contribution >= 4 is 21.9 Å². The predicted molar refractivity (Wildman–Crippen MR) is 68.2 cm³/mol. The molecule has 5 N–H and O–H groups in total. The smallest absolute Gasteiger partial charge is 0.321 e. The van der Waals surface area contributed by atoms with Crippen molar-refractivity contribution in [2.45, 2.75) is 37.6 Å². The molecule has 112 valence electrons. The molecule has 10 heteroatoms. The maximum atomic E-state index is 12.1. The lowest BCUT2D eigenvalue weighted by molar-refractivity contribution is -0.139. The van der Waals surface area contributed by atoms with E-state index in [2.05, 4.69) is 10.2 Å². The van der Waals surface area contributed by atoms with Gasteiger partial charge in [-0.2, -0.15) is 9.82 Å². The van der Waals surface area contributed by atoms with Crippen LogP contribution in [0.15, 0.2) is 4.90 Å². The Morgan fingerprint density at radius 1 is 1.45 bits per heavy atom. The second kappa shape index (κ2) is 6.01. The Bertz CT molecular complexity index is 602. The first-order valence-corrected chi connectivity index (χ1v) is 7.18. The molecule has 0 aliphatic heterocycles.